The maximum Gasteiger partial charge on any atom is 0.262 e. The average Bonchev–Trinajstić information content (AvgIpc) is 3.12. The summed E-state index contributed by atoms with van der Waals surface area (Å²) in [6.07, 6.45) is 2.52. The maximum atomic E-state index is 12.7. The summed E-state index contributed by atoms with van der Waals surface area (Å²) in [5.41, 5.74) is 3.48. The van der Waals surface area contributed by atoms with E-state index < -0.39 is 10.0 Å². The molecule has 0 aliphatic carbocycles. The Morgan fingerprint density at radius 3 is 2.64 bits per heavy atom. The minimum atomic E-state index is -3.71. The largest absolute Gasteiger partial charge is 0.497 e. The number of para-hydroxylation sites is 1. The van der Waals surface area contributed by atoms with Crippen LogP contribution in [0.5, 0.6) is 5.75 Å². The van der Waals surface area contributed by atoms with E-state index in [4.69, 9.17) is 4.74 Å². The molecule has 2 heterocycles. The summed E-state index contributed by atoms with van der Waals surface area (Å²) in [6.45, 7) is 2.60. The number of nitrogens with one attached hydrogen (secondary N) is 1. The Hall–Kier alpha value is -3.06. The number of hydrogen-bond donors (Lipinski definition) is 1. The van der Waals surface area contributed by atoms with Crippen molar-refractivity contribution >= 4 is 27.2 Å². The number of anilines is 3. The van der Waals surface area contributed by atoms with E-state index in [9.17, 15) is 8.42 Å². The first-order chi connectivity index (χ1) is 13.5. The zero-order chi connectivity index (χ0) is 19.7. The fraction of sp³-hybridized carbons (Fsp3) is 0.190. The van der Waals surface area contributed by atoms with Crippen LogP contribution in [-0.4, -0.2) is 27.1 Å². The van der Waals surface area contributed by atoms with Gasteiger partial charge in [0, 0.05) is 12.2 Å². The number of aromatic nitrogens is 1. The molecule has 3 aromatic rings. The minimum Gasteiger partial charge on any atom is -0.497 e. The Morgan fingerprint density at radius 1 is 1.11 bits per heavy atom. The molecular formula is C21H21N3O3S. The van der Waals surface area contributed by atoms with E-state index in [1.165, 1.54) is 5.56 Å². The van der Waals surface area contributed by atoms with Crippen molar-refractivity contribution in [2.24, 2.45) is 0 Å². The lowest BCUT2D eigenvalue weighted by molar-refractivity contribution is 0.414. The second kappa shape index (κ2) is 7.16. The van der Waals surface area contributed by atoms with Gasteiger partial charge < -0.3 is 9.64 Å². The Balaban J connectivity index is 1.55. The van der Waals surface area contributed by atoms with Gasteiger partial charge in [0.05, 0.1) is 23.9 Å². The summed E-state index contributed by atoms with van der Waals surface area (Å²) in [5.74, 6) is 1.42. The number of sulfonamides is 1. The van der Waals surface area contributed by atoms with Crippen LogP contribution >= 0.6 is 0 Å². The highest BCUT2D eigenvalue weighted by Gasteiger charge is 2.21. The normalized spacial score (nSPS) is 13.3. The van der Waals surface area contributed by atoms with Gasteiger partial charge in [-0.3, -0.25) is 4.72 Å². The lowest BCUT2D eigenvalue weighted by atomic mass is 10.2. The number of methoxy groups -OCH3 is 1. The Morgan fingerprint density at radius 2 is 1.93 bits per heavy atom. The van der Waals surface area contributed by atoms with Gasteiger partial charge in [0.2, 0.25) is 0 Å². The summed E-state index contributed by atoms with van der Waals surface area (Å²) < 4.78 is 33.2. The smallest absolute Gasteiger partial charge is 0.262 e. The zero-order valence-electron chi connectivity index (χ0n) is 15.7. The van der Waals surface area contributed by atoms with Crippen LogP contribution in [0.1, 0.15) is 11.1 Å². The highest BCUT2D eigenvalue weighted by atomic mass is 32.2. The monoisotopic (exact) mass is 395 g/mol. The molecule has 1 N–H and O–H groups in total. The van der Waals surface area contributed by atoms with E-state index in [1.807, 2.05) is 18.2 Å². The molecule has 0 saturated heterocycles. The SMILES string of the molecule is COc1ccc(S(=O)(=O)Nc2ccc(N3CCc4ccccc43)nc2)c(C)c1. The summed E-state index contributed by atoms with van der Waals surface area (Å²) in [6, 6.07) is 16.7. The third-order valence-corrected chi connectivity index (χ3v) is 6.38. The molecule has 1 aromatic heterocycles. The summed E-state index contributed by atoms with van der Waals surface area (Å²) >= 11 is 0. The lowest BCUT2D eigenvalue weighted by Gasteiger charge is -2.18. The number of rotatable bonds is 5. The second-order valence-electron chi connectivity index (χ2n) is 6.67. The van der Waals surface area contributed by atoms with Crippen molar-refractivity contribution in [1.29, 1.82) is 0 Å². The van der Waals surface area contributed by atoms with Gasteiger partial charge in [0.25, 0.3) is 10.0 Å². The Labute approximate surface area is 164 Å². The van der Waals surface area contributed by atoms with Gasteiger partial charge in [0.15, 0.2) is 0 Å². The molecule has 0 saturated carbocycles. The van der Waals surface area contributed by atoms with Crippen molar-refractivity contribution in [2.75, 3.05) is 23.3 Å². The van der Waals surface area contributed by atoms with E-state index in [-0.39, 0.29) is 4.90 Å². The van der Waals surface area contributed by atoms with Crippen LogP contribution < -0.4 is 14.4 Å². The molecule has 144 valence electrons. The van der Waals surface area contributed by atoms with Crippen LogP contribution in [0.15, 0.2) is 65.7 Å². The Bertz CT molecular complexity index is 1110. The molecule has 0 bridgehead atoms. The number of nitrogens with zero attached hydrogens (tertiary/aromatic N) is 2. The molecule has 1 aliphatic heterocycles. The average molecular weight is 395 g/mol. The first kappa shape index (κ1) is 18.3. The molecule has 0 amide bonds. The van der Waals surface area contributed by atoms with Crippen LogP contribution in [0.25, 0.3) is 0 Å². The van der Waals surface area contributed by atoms with Gasteiger partial charge >= 0.3 is 0 Å². The van der Waals surface area contributed by atoms with Gasteiger partial charge in [-0.1, -0.05) is 18.2 Å². The third-order valence-electron chi connectivity index (χ3n) is 4.84. The van der Waals surface area contributed by atoms with Gasteiger partial charge in [-0.25, -0.2) is 13.4 Å². The molecular weight excluding hydrogens is 374 g/mol. The molecule has 0 unspecified atom stereocenters. The van der Waals surface area contributed by atoms with Crippen molar-refractivity contribution in [1.82, 2.24) is 4.98 Å². The number of aryl methyl sites for hydroxylation is 1. The second-order valence-corrected chi connectivity index (χ2v) is 8.32. The molecule has 2 aromatic carbocycles. The topological polar surface area (TPSA) is 71.5 Å². The van der Waals surface area contributed by atoms with Gasteiger partial charge in [-0.2, -0.15) is 0 Å². The molecule has 28 heavy (non-hydrogen) atoms. The van der Waals surface area contributed by atoms with E-state index >= 15 is 0 Å². The third kappa shape index (κ3) is 3.41. The predicted molar refractivity (Wildman–Crippen MR) is 110 cm³/mol. The number of hydrogen-bond acceptors (Lipinski definition) is 5. The standard InChI is InChI=1S/C21H21N3O3S/c1-15-13-18(27-2)8-9-20(15)28(25,26)23-17-7-10-21(22-14-17)24-12-11-16-5-3-4-6-19(16)24/h3-10,13-14,23H,11-12H2,1-2H3. The molecule has 1 aliphatic rings. The van der Waals surface area contributed by atoms with Gasteiger partial charge in [-0.05, 0) is 60.9 Å². The fourth-order valence-electron chi connectivity index (χ4n) is 3.44. The predicted octanol–water partition coefficient (Wildman–Crippen LogP) is 3.89. The molecule has 4 rings (SSSR count). The van der Waals surface area contributed by atoms with Crippen LogP contribution in [-0.2, 0) is 16.4 Å². The van der Waals surface area contributed by atoms with Gasteiger partial charge in [-0.15, -0.1) is 0 Å². The number of benzene rings is 2. The van der Waals surface area contributed by atoms with Crippen LogP contribution in [0, 0.1) is 6.92 Å². The van der Waals surface area contributed by atoms with Gasteiger partial charge in [0.1, 0.15) is 11.6 Å². The fourth-order valence-corrected chi connectivity index (χ4v) is 4.71. The summed E-state index contributed by atoms with van der Waals surface area (Å²) in [7, 11) is -2.16. The summed E-state index contributed by atoms with van der Waals surface area (Å²) in [4.78, 5) is 6.82. The number of pyridine rings is 1. The molecule has 0 radical (unpaired) electrons. The van der Waals surface area contributed by atoms with Crippen molar-refractivity contribution in [2.45, 2.75) is 18.2 Å². The summed E-state index contributed by atoms with van der Waals surface area (Å²) in [5, 5.41) is 0. The Kier molecular flexibility index (Phi) is 4.68. The molecule has 7 heteroatoms. The van der Waals surface area contributed by atoms with Crippen molar-refractivity contribution < 1.29 is 13.2 Å². The van der Waals surface area contributed by atoms with Crippen LogP contribution in [0.3, 0.4) is 0 Å². The van der Waals surface area contributed by atoms with Crippen molar-refractivity contribution in [3.05, 3.63) is 71.9 Å². The molecule has 0 spiro atoms. The zero-order valence-corrected chi connectivity index (χ0v) is 16.5. The molecule has 0 atom stereocenters. The minimum absolute atomic E-state index is 0.214. The first-order valence-corrected chi connectivity index (χ1v) is 10.5. The van der Waals surface area contributed by atoms with Crippen molar-refractivity contribution in [3.8, 4) is 5.75 Å². The van der Waals surface area contributed by atoms with Crippen LogP contribution in [0.2, 0.25) is 0 Å². The first-order valence-electron chi connectivity index (χ1n) is 8.97. The van der Waals surface area contributed by atoms with Crippen molar-refractivity contribution in [3.63, 3.8) is 0 Å². The number of ether oxygens (including phenoxy) is 1. The van der Waals surface area contributed by atoms with E-state index in [0.29, 0.717) is 17.0 Å². The molecule has 0 fully saturated rings. The lowest BCUT2D eigenvalue weighted by Crippen LogP contribution is -2.16. The van der Waals surface area contributed by atoms with E-state index in [2.05, 4.69) is 26.7 Å². The van der Waals surface area contributed by atoms with Crippen LogP contribution in [0.4, 0.5) is 17.2 Å². The molecule has 6 nitrogen and oxygen atoms in total. The quantitative estimate of drug-likeness (QED) is 0.710. The highest BCUT2D eigenvalue weighted by molar-refractivity contribution is 7.92. The number of fused-ring (bicyclic) bond motifs is 1. The van der Waals surface area contributed by atoms with E-state index in [0.717, 1.165) is 24.5 Å². The maximum absolute atomic E-state index is 12.7. The van der Waals surface area contributed by atoms with E-state index in [1.54, 1.807) is 44.5 Å². The highest BCUT2D eigenvalue weighted by Crippen LogP contribution is 2.33.